The molecular weight excluding hydrogens is 194 g/mol. The highest BCUT2D eigenvalue weighted by Crippen LogP contribution is 2.12. The van der Waals surface area contributed by atoms with E-state index in [1.165, 1.54) is 0 Å². The number of ether oxygens (including phenoxy) is 1. The Morgan fingerprint density at radius 2 is 2.33 bits per heavy atom. The van der Waals surface area contributed by atoms with Crippen LogP contribution in [0.3, 0.4) is 0 Å². The molecule has 15 heavy (non-hydrogen) atoms. The van der Waals surface area contributed by atoms with Crippen LogP contribution < -0.4 is 10.5 Å². The Balaban J connectivity index is 2.75. The number of nitrogens with one attached hydrogen (secondary N) is 1. The van der Waals surface area contributed by atoms with Gasteiger partial charge in [-0.3, -0.25) is 5.41 Å². The third kappa shape index (κ3) is 3.55. The lowest BCUT2D eigenvalue weighted by atomic mass is 10.2. The molecule has 0 aliphatic rings. The van der Waals surface area contributed by atoms with E-state index < -0.39 is 0 Å². The summed E-state index contributed by atoms with van der Waals surface area (Å²) in [6, 6.07) is 3.34. The number of aryl methyl sites for hydroxylation is 1. The van der Waals surface area contributed by atoms with E-state index >= 15 is 0 Å². The maximum absolute atomic E-state index is 8.59. The number of rotatable bonds is 5. The number of hydrogen-bond donors (Lipinski definition) is 3. The van der Waals surface area contributed by atoms with E-state index in [1.54, 1.807) is 12.1 Å². The van der Waals surface area contributed by atoms with E-state index in [0.29, 0.717) is 24.5 Å². The van der Waals surface area contributed by atoms with Gasteiger partial charge in [0.05, 0.1) is 6.61 Å². The lowest BCUT2D eigenvalue weighted by Crippen LogP contribution is -2.12. The largest absolute Gasteiger partial charge is 0.478 e. The molecule has 0 unspecified atom stereocenters. The second-order valence-electron chi connectivity index (χ2n) is 3.17. The Morgan fingerprint density at radius 3 is 2.93 bits per heavy atom. The van der Waals surface area contributed by atoms with Crippen molar-refractivity contribution < 1.29 is 9.84 Å². The van der Waals surface area contributed by atoms with E-state index in [2.05, 4.69) is 4.98 Å². The van der Waals surface area contributed by atoms with E-state index in [0.717, 1.165) is 5.69 Å². The average Bonchev–Trinajstić information content (AvgIpc) is 2.17. The fraction of sp³-hybridized carbons (Fsp3) is 0.400. The summed E-state index contributed by atoms with van der Waals surface area (Å²) in [6.45, 7) is 2.31. The molecule has 0 radical (unpaired) electrons. The summed E-state index contributed by atoms with van der Waals surface area (Å²) in [5, 5.41) is 15.9. The summed E-state index contributed by atoms with van der Waals surface area (Å²) in [4.78, 5) is 4.13. The maximum Gasteiger partial charge on any atom is 0.214 e. The molecule has 1 aromatic rings. The van der Waals surface area contributed by atoms with E-state index in [4.69, 9.17) is 21.0 Å². The molecule has 0 aliphatic heterocycles. The Bertz CT molecular complexity index is 353. The zero-order valence-corrected chi connectivity index (χ0v) is 8.66. The third-order valence-electron chi connectivity index (χ3n) is 1.79. The minimum Gasteiger partial charge on any atom is -0.478 e. The van der Waals surface area contributed by atoms with Crippen molar-refractivity contribution in [2.45, 2.75) is 13.3 Å². The van der Waals surface area contributed by atoms with Gasteiger partial charge in [0, 0.05) is 30.4 Å². The minimum absolute atomic E-state index is 0.00694. The fourth-order valence-corrected chi connectivity index (χ4v) is 1.11. The predicted molar refractivity (Wildman–Crippen MR) is 57.2 cm³/mol. The molecule has 0 aromatic carbocycles. The second kappa shape index (κ2) is 5.31. The molecule has 0 fully saturated rings. The standard InChI is InChI=1S/C10H15N3O2/c1-7-5-8(10(11)12)6-9(13-7)15-4-2-3-14/h5-6,14H,2-4H2,1H3,(H3,11,12). The zero-order chi connectivity index (χ0) is 11.3. The van der Waals surface area contributed by atoms with Gasteiger partial charge in [-0.05, 0) is 13.0 Å². The van der Waals surface area contributed by atoms with Gasteiger partial charge >= 0.3 is 0 Å². The number of hydrogen-bond acceptors (Lipinski definition) is 4. The molecule has 82 valence electrons. The van der Waals surface area contributed by atoms with E-state index in [9.17, 15) is 0 Å². The van der Waals surface area contributed by atoms with Crippen LogP contribution in [0.15, 0.2) is 12.1 Å². The number of aliphatic hydroxyl groups is 1. The first kappa shape index (κ1) is 11.5. The van der Waals surface area contributed by atoms with Gasteiger partial charge in [-0.25, -0.2) is 4.98 Å². The van der Waals surface area contributed by atoms with Gasteiger partial charge < -0.3 is 15.6 Å². The van der Waals surface area contributed by atoms with Crippen LogP contribution in [0.1, 0.15) is 17.7 Å². The van der Waals surface area contributed by atoms with Crippen LogP contribution in [0.2, 0.25) is 0 Å². The molecule has 5 nitrogen and oxygen atoms in total. The SMILES string of the molecule is Cc1cc(C(=N)N)cc(OCCCO)n1. The van der Waals surface area contributed by atoms with E-state index in [-0.39, 0.29) is 12.4 Å². The highest BCUT2D eigenvalue weighted by Gasteiger charge is 2.03. The Labute approximate surface area is 88.4 Å². The number of nitrogens with zero attached hydrogens (tertiary/aromatic N) is 1. The number of pyridine rings is 1. The summed E-state index contributed by atoms with van der Waals surface area (Å²) in [5.41, 5.74) is 6.72. The summed E-state index contributed by atoms with van der Waals surface area (Å²) >= 11 is 0. The molecule has 1 rings (SSSR count). The maximum atomic E-state index is 8.59. The molecule has 1 heterocycles. The summed E-state index contributed by atoms with van der Waals surface area (Å²) in [5.74, 6) is 0.432. The van der Waals surface area contributed by atoms with Gasteiger partial charge in [-0.15, -0.1) is 0 Å². The normalized spacial score (nSPS) is 10.0. The summed E-state index contributed by atoms with van der Waals surface area (Å²) in [7, 11) is 0. The van der Waals surface area contributed by atoms with Gasteiger partial charge in [0.15, 0.2) is 0 Å². The smallest absolute Gasteiger partial charge is 0.214 e. The minimum atomic E-state index is -0.00694. The van der Waals surface area contributed by atoms with E-state index in [1.807, 2.05) is 6.92 Å². The van der Waals surface area contributed by atoms with Crippen molar-refractivity contribution >= 4 is 5.84 Å². The fourth-order valence-electron chi connectivity index (χ4n) is 1.11. The molecule has 0 saturated carbocycles. The van der Waals surface area contributed by atoms with Crippen molar-refractivity contribution in [1.29, 1.82) is 5.41 Å². The van der Waals surface area contributed by atoms with Crippen LogP contribution in [-0.2, 0) is 0 Å². The first-order chi connectivity index (χ1) is 7.13. The average molecular weight is 209 g/mol. The molecule has 4 N–H and O–H groups in total. The van der Waals surface area contributed by atoms with Crippen molar-refractivity contribution in [2.75, 3.05) is 13.2 Å². The molecule has 0 bridgehead atoms. The summed E-state index contributed by atoms with van der Waals surface area (Å²) in [6.07, 6.45) is 0.561. The van der Waals surface area contributed by atoms with Crippen molar-refractivity contribution in [1.82, 2.24) is 4.98 Å². The quantitative estimate of drug-likeness (QED) is 0.372. The van der Waals surface area contributed by atoms with Crippen LogP contribution in [0.25, 0.3) is 0 Å². The molecule has 0 spiro atoms. The lowest BCUT2D eigenvalue weighted by molar-refractivity contribution is 0.229. The van der Waals surface area contributed by atoms with Crippen LogP contribution in [0, 0.1) is 12.3 Å². The third-order valence-corrected chi connectivity index (χ3v) is 1.79. The number of nitrogen functional groups attached to an aromatic ring is 1. The second-order valence-corrected chi connectivity index (χ2v) is 3.17. The zero-order valence-electron chi connectivity index (χ0n) is 8.66. The van der Waals surface area contributed by atoms with Gasteiger partial charge in [-0.2, -0.15) is 0 Å². The van der Waals surface area contributed by atoms with Gasteiger partial charge in [0.2, 0.25) is 5.88 Å². The Morgan fingerprint density at radius 1 is 1.60 bits per heavy atom. The number of aromatic nitrogens is 1. The highest BCUT2D eigenvalue weighted by atomic mass is 16.5. The molecule has 0 amide bonds. The van der Waals surface area contributed by atoms with Crippen LogP contribution in [0.4, 0.5) is 0 Å². The van der Waals surface area contributed by atoms with Crippen molar-refractivity contribution in [3.8, 4) is 5.88 Å². The van der Waals surface area contributed by atoms with Crippen molar-refractivity contribution in [3.63, 3.8) is 0 Å². The number of nitrogens with two attached hydrogens (primary N) is 1. The monoisotopic (exact) mass is 209 g/mol. The first-order valence-corrected chi connectivity index (χ1v) is 4.70. The Kier molecular flexibility index (Phi) is 4.05. The van der Waals surface area contributed by atoms with Crippen LogP contribution in [-0.4, -0.2) is 29.1 Å². The van der Waals surface area contributed by atoms with Gasteiger partial charge in [-0.1, -0.05) is 0 Å². The molecular formula is C10H15N3O2. The summed E-state index contributed by atoms with van der Waals surface area (Å²) < 4.78 is 5.29. The highest BCUT2D eigenvalue weighted by molar-refractivity contribution is 5.95. The number of amidine groups is 1. The van der Waals surface area contributed by atoms with Crippen molar-refractivity contribution in [3.05, 3.63) is 23.4 Å². The lowest BCUT2D eigenvalue weighted by Gasteiger charge is -2.07. The molecule has 5 heteroatoms. The number of aliphatic hydroxyl groups excluding tert-OH is 1. The molecule has 0 aliphatic carbocycles. The predicted octanol–water partition coefficient (Wildman–Crippen LogP) is 0.435. The topological polar surface area (TPSA) is 92.2 Å². The van der Waals surface area contributed by atoms with Crippen LogP contribution in [0.5, 0.6) is 5.88 Å². The molecule has 0 saturated heterocycles. The van der Waals surface area contributed by atoms with Crippen molar-refractivity contribution in [2.24, 2.45) is 5.73 Å². The molecule has 1 aromatic heterocycles. The first-order valence-electron chi connectivity index (χ1n) is 4.70. The van der Waals surface area contributed by atoms with Gasteiger partial charge in [0.1, 0.15) is 5.84 Å². The molecule has 0 atom stereocenters. The van der Waals surface area contributed by atoms with Crippen LogP contribution >= 0.6 is 0 Å². The Hall–Kier alpha value is -1.62. The van der Waals surface area contributed by atoms with Gasteiger partial charge in [0.25, 0.3) is 0 Å².